The van der Waals surface area contributed by atoms with E-state index in [1.807, 2.05) is 0 Å². The Balaban J connectivity index is 2.18. The first-order valence-electron chi connectivity index (χ1n) is 7.52. The van der Waals surface area contributed by atoms with Crippen LogP contribution in [0.15, 0.2) is 23.4 Å². The number of nitro groups is 1. The lowest BCUT2D eigenvalue weighted by Gasteiger charge is -2.07. The van der Waals surface area contributed by atoms with Crippen LogP contribution in [0.2, 0.25) is 0 Å². The molecule has 0 aliphatic heterocycles. The number of anilines is 1. The van der Waals surface area contributed by atoms with Crippen molar-refractivity contribution in [3.8, 4) is 0 Å². The number of carbonyl (C=O) groups is 1. The molecule has 0 aliphatic carbocycles. The zero-order valence-electron chi connectivity index (χ0n) is 14.3. The zero-order valence-corrected chi connectivity index (χ0v) is 14.3. The number of carbonyl (C=O) groups excluding carboxylic acids is 1. The normalized spacial score (nSPS) is 11.7. The number of benzene rings is 1. The van der Waals surface area contributed by atoms with Crippen molar-refractivity contribution in [1.82, 2.24) is 9.78 Å². The van der Waals surface area contributed by atoms with Crippen LogP contribution < -0.4 is 11.5 Å². The molecule has 1 aromatic heterocycles. The van der Waals surface area contributed by atoms with Gasteiger partial charge in [-0.15, -0.1) is 0 Å². The Bertz CT molecular complexity index is 925. The van der Waals surface area contributed by atoms with Gasteiger partial charge in [-0.1, -0.05) is 17.3 Å². The molecule has 0 unspecified atom stereocenters. The van der Waals surface area contributed by atoms with Crippen LogP contribution in [0.5, 0.6) is 0 Å². The molecule has 2 rings (SSSR count). The molecule has 0 atom stereocenters. The second kappa shape index (κ2) is 7.76. The van der Waals surface area contributed by atoms with Crippen molar-refractivity contribution in [1.29, 1.82) is 0 Å². The van der Waals surface area contributed by atoms with E-state index in [1.165, 1.54) is 6.92 Å². The van der Waals surface area contributed by atoms with Gasteiger partial charge >= 0.3 is 11.7 Å². The zero-order chi connectivity index (χ0) is 20.3. The molecule has 12 heteroatoms. The molecule has 0 saturated carbocycles. The molecule has 0 spiro atoms. The third kappa shape index (κ3) is 4.16. The summed E-state index contributed by atoms with van der Waals surface area (Å²) in [6, 6.07) is 4.92. The van der Waals surface area contributed by atoms with Gasteiger partial charge in [0.1, 0.15) is 12.2 Å². The van der Waals surface area contributed by atoms with Crippen LogP contribution in [-0.4, -0.2) is 26.5 Å². The van der Waals surface area contributed by atoms with Gasteiger partial charge in [-0.05, 0) is 25.5 Å². The van der Waals surface area contributed by atoms with E-state index >= 15 is 0 Å². The molecule has 2 aromatic rings. The number of nitrogens with two attached hydrogens (primary N) is 2. The minimum absolute atomic E-state index is 0.121. The van der Waals surface area contributed by atoms with E-state index in [2.05, 4.69) is 15.1 Å². The summed E-state index contributed by atoms with van der Waals surface area (Å²) in [4.78, 5) is 26.5. The molecule has 1 aromatic carbocycles. The molecule has 0 amide bonds. The molecule has 0 aliphatic rings. The summed E-state index contributed by atoms with van der Waals surface area (Å²) in [7, 11) is 0. The maximum absolute atomic E-state index is 12.9. The molecule has 0 radical (unpaired) electrons. The van der Waals surface area contributed by atoms with Crippen LogP contribution in [0.1, 0.15) is 28.9 Å². The highest BCUT2D eigenvalue weighted by Gasteiger charge is 2.31. The van der Waals surface area contributed by atoms with E-state index in [0.717, 1.165) is 4.68 Å². The number of oxime groups is 1. The number of nitrogens with zero attached hydrogens (tertiary/aromatic N) is 4. The lowest BCUT2D eigenvalue weighted by Crippen LogP contribution is -2.19. The Morgan fingerprint density at radius 2 is 2.11 bits per heavy atom. The van der Waals surface area contributed by atoms with E-state index in [1.54, 1.807) is 25.1 Å². The number of nitrogen functional groups attached to an aromatic ring is 1. The Morgan fingerprint density at radius 3 is 2.67 bits per heavy atom. The second-order valence-electron chi connectivity index (χ2n) is 5.49. The lowest BCUT2D eigenvalue weighted by atomic mass is 10.1. The van der Waals surface area contributed by atoms with E-state index in [9.17, 15) is 23.7 Å². The number of halogens is 2. The van der Waals surface area contributed by atoms with Gasteiger partial charge < -0.3 is 16.3 Å². The van der Waals surface area contributed by atoms with Crippen molar-refractivity contribution >= 4 is 23.2 Å². The minimum Gasteiger partial charge on any atom is -0.398 e. The molecule has 0 bridgehead atoms. The highest BCUT2D eigenvalue weighted by Crippen LogP contribution is 2.30. The van der Waals surface area contributed by atoms with Gasteiger partial charge in [0.15, 0.2) is 5.84 Å². The summed E-state index contributed by atoms with van der Waals surface area (Å²) in [5.41, 5.74) is 11.0. The van der Waals surface area contributed by atoms with Crippen LogP contribution in [0.4, 0.5) is 20.2 Å². The summed E-state index contributed by atoms with van der Waals surface area (Å²) >= 11 is 0. The van der Waals surface area contributed by atoms with Gasteiger partial charge in [0.25, 0.3) is 6.43 Å². The maximum atomic E-state index is 12.9. The summed E-state index contributed by atoms with van der Waals surface area (Å²) in [5, 5.41) is 17.8. The van der Waals surface area contributed by atoms with Crippen molar-refractivity contribution in [2.24, 2.45) is 10.9 Å². The topological polar surface area (TPSA) is 152 Å². The Morgan fingerprint density at radius 1 is 1.44 bits per heavy atom. The summed E-state index contributed by atoms with van der Waals surface area (Å²) in [6.07, 6.45) is -3.17. The van der Waals surface area contributed by atoms with Gasteiger partial charge in [0, 0.05) is 11.3 Å². The number of alkyl halides is 2. The first-order chi connectivity index (χ1) is 12.6. The van der Waals surface area contributed by atoms with Crippen LogP contribution in [0, 0.1) is 24.0 Å². The summed E-state index contributed by atoms with van der Waals surface area (Å²) in [6.45, 7) is 2.23. The highest BCUT2D eigenvalue weighted by molar-refractivity contribution is 5.99. The van der Waals surface area contributed by atoms with E-state index in [4.69, 9.17) is 11.5 Å². The SMILES string of the molecule is Cc1c(N)cccc1/C(N)=N/OC(=O)Cn1nc(C(F)F)c([N+](=O)[O-])c1C. The van der Waals surface area contributed by atoms with Gasteiger partial charge in [-0.25, -0.2) is 13.6 Å². The number of hydrogen-bond acceptors (Lipinski definition) is 7. The molecule has 27 heavy (non-hydrogen) atoms. The van der Waals surface area contributed by atoms with Crippen LogP contribution in [-0.2, 0) is 16.2 Å². The van der Waals surface area contributed by atoms with Gasteiger partial charge in [0.05, 0.1) is 4.92 Å². The largest absolute Gasteiger partial charge is 0.398 e. The smallest absolute Gasteiger partial charge is 0.356 e. The van der Waals surface area contributed by atoms with Gasteiger partial charge in [0.2, 0.25) is 5.69 Å². The summed E-state index contributed by atoms with van der Waals surface area (Å²) in [5.74, 6) is -1.12. The van der Waals surface area contributed by atoms with Crippen LogP contribution in [0.3, 0.4) is 0 Å². The molecule has 10 nitrogen and oxygen atoms in total. The fourth-order valence-electron chi connectivity index (χ4n) is 2.32. The average molecular weight is 382 g/mol. The van der Waals surface area contributed by atoms with Crippen molar-refractivity contribution in [2.45, 2.75) is 26.8 Å². The second-order valence-corrected chi connectivity index (χ2v) is 5.49. The highest BCUT2D eigenvalue weighted by atomic mass is 19.3. The molecular formula is C15H16F2N6O4. The van der Waals surface area contributed by atoms with E-state index in [-0.39, 0.29) is 11.5 Å². The van der Waals surface area contributed by atoms with Crippen molar-refractivity contribution in [3.63, 3.8) is 0 Å². The first-order valence-corrected chi connectivity index (χ1v) is 7.52. The third-order valence-corrected chi connectivity index (χ3v) is 3.77. The molecule has 4 N–H and O–H groups in total. The summed E-state index contributed by atoms with van der Waals surface area (Å²) < 4.78 is 26.5. The van der Waals surface area contributed by atoms with Crippen LogP contribution in [0.25, 0.3) is 0 Å². The Kier molecular flexibility index (Phi) is 5.68. The molecular weight excluding hydrogens is 366 g/mol. The Labute approximate surface area is 151 Å². The minimum atomic E-state index is -3.17. The van der Waals surface area contributed by atoms with Crippen molar-refractivity contribution in [2.75, 3.05) is 5.73 Å². The predicted molar refractivity (Wildman–Crippen MR) is 91.0 cm³/mol. The molecule has 0 fully saturated rings. The monoisotopic (exact) mass is 382 g/mol. The molecule has 1 heterocycles. The standard InChI is InChI=1S/C15H16F2N6O4/c1-7-9(4-3-5-10(7)18)15(19)21-27-11(24)6-22-8(2)13(23(25)26)12(20-22)14(16)17/h3-5,14H,6,18H2,1-2H3,(H2,19,21). The van der Waals surface area contributed by atoms with Crippen molar-refractivity contribution in [3.05, 3.63) is 50.8 Å². The number of aromatic nitrogens is 2. The number of hydrogen-bond donors (Lipinski definition) is 2. The van der Waals surface area contributed by atoms with E-state index in [0.29, 0.717) is 16.8 Å². The Hall–Kier alpha value is -3.57. The average Bonchev–Trinajstić information content (AvgIpc) is 2.92. The fourth-order valence-corrected chi connectivity index (χ4v) is 2.32. The van der Waals surface area contributed by atoms with Gasteiger partial charge in [-0.2, -0.15) is 5.10 Å². The van der Waals surface area contributed by atoms with E-state index < -0.39 is 35.2 Å². The quantitative estimate of drug-likeness (QED) is 0.193. The lowest BCUT2D eigenvalue weighted by molar-refractivity contribution is -0.386. The third-order valence-electron chi connectivity index (χ3n) is 3.77. The molecule has 0 saturated heterocycles. The van der Waals surface area contributed by atoms with Crippen LogP contribution >= 0.6 is 0 Å². The fraction of sp³-hybridized carbons (Fsp3) is 0.267. The van der Waals surface area contributed by atoms with Gasteiger partial charge in [-0.3, -0.25) is 14.8 Å². The van der Waals surface area contributed by atoms with Crippen molar-refractivity contribution < 1.29 is 23.3 Å². The predicted octanol–water partition coefficient (Wildman–Crippen LogP) is 1.79. The number of amidine groups is 1. The first kappa shape index (κ1) is 19.8. The molecule has 144 valence electrons. The maximum Gasteiger partial charge on any atom is 0.356 e. The number of rotatable bonds is 6.